The molecule has 58 valence electrons. The normalized spacial score (nSPS) is 9.00. The van der Waals surface area contributed by atoms with Gasteiger partial charge >= 0.3 is 0 Å². The molecule has 0 aliphatic heterocycles. The van der Waals surface area contributed by atoms with Crippen molar-refractivity contribution in [2.45, 2.75) is 19.2 Å². The van der Waals surface area contributed by atoms with Crippen LogP contribution in [0.25, 0.3) is 0 Å². The smallest absolute Gasteiger partial charge is 0.0925 e. The lowest BCUT2D eigenvalue weighted by Crippen LogP contribution is -1.70. The molecular formula is C6H9Cl2NS. The van der Waals surface area contributed by atoms with Crippen LogP contribution in [0.3, 0.4) is 0 Å². The lowest BCUT2D eigenvalue weighted by molar-refractivity contribution is 1.09. The Labute approximate surface area is 75.8 Å². The Hall–Kier alpha value is 0.210. The number of aryl methyl sites for hydroxylation is 1. The van der Waals surface area contributed by atoms with Crippen molar-refractivity contribution in [3.8, 4) is 0 Å². The highest BCUT2D eigenvalue weighted by Crippen LogP contribution is 2.14. The van der Waals surface area contributed by atoms with E-state index < -0.39 is 0 Å². The molecule has 0 atom stereocenters. The summed E-state index contributed by atoms with van der Waals surface area (Å²) in [4.78, 5) is 5.30. The first-order valence-electron chi connectivity index (χ1n) is 2.86. The molecule has 0 saturated heterocycles. The molecule has 1 aromatic rings. The predicted octanol–water partition coefficient (Wildman–Crippen LogP) is 2.87. The zero-order valence-electron chi connectivity index (χ0n) is 5.63. The number of aromatic nitrogens is 1. The number of thiazole rings is 1. The van der Waals surface area contributed by atoms with Gasteiger partial charge in [-0.15, -0.1) is 35.3 Å². The van der Waals surface area contributed by atoms with Crippen LogP contribution in [0.2, 0.25) is 0 Å². The van der Waals surface area contributed by atoms with Gasteiger partial charge in [-0.3, -0.25) is 0 Å². The number of halogens is 2. The fourth-order valence-corrected chi connectivity index (χ4v) is 1.52. The molecule has 1 nitrogen and oxygen atoms in total. The average Bonchev–Trinajstić information content (AvgIpc) is 2.34. The first-order valence-corrected chi connectivity index (χ1v) is 4.21. The largest absolute Gasteiger partial charge is 0.249 e. The third-order valence-electron chi connectivity index (χ3n) is 1.04. The van der Waals surface area contributed by atoms with E-state index in [9.17, 15) is 0 Å². The van der Waals surface area contributed by atoms with E-state index in [4.69, 9.17) is 11.6 Å². The summed E-state index contributed by atoms with van der Waals surface area (Å²) in [5.41, 5.74) is 0. The predicted molar refractivity (Wildman–Crippen MR) is 48.3 cm³/mol. The molecule has 1 aromatic heterocycles. The Morgan fingerprint density at radius 3 is 2.70 bits per heavy atom. The molecular weight excluding hydrogens is 189 g/mol. The summed E-state index contributed by atoms with van der Waals surface area (Å²) in [5.74, 6) is 0.595. The zero-order valence-corrected chi connectivity index (χ0v) is 8.02. The molecule has 0 aliphatic rings. The molecule has 0 amide bonds. The van der Waals surface area contributed by atoms with E-state index >= 15 is 0 Å². The molecule has 0 N–H and O–H groups in total. The lowest BCUT2D eigenvalue weighted by Gasteiger charge is -1.80. The maximum atomic E-state index is 5.57. The van der Waals surface area contributed by atoms with Gasteiger partial charge in [-0.2, -0.15) is 0 Å². The molecule has 0 bridgehead atoms. The van der Waals surface area contributed by atoms with Crippen LogP contribution in [0, 0.1) is 0 Å². The Kier molecular flexibility index (Phi) is 5.04. The molecule has 1 heterocycles. The van der Waals surface area contributed by atoms with Crippen LogP contribution in [0.1, 0.15) is 16.8 Å². The standard InChI is InChI=1S/C6H8ClNS.ClH/c1-2-6-8-4-5(3-7)9-6;/h4H,2-3H2,1H3;1H. The second-order valence-corrected chi connectivity index (χ2v) is 3.17. The first-order chi connectivity index (χ1) is 4.36. The molecule has 0 aliphatic carbocycles. The van der Waals surface area contributed by atoms with Gasteiger partial charge in [0, 0.05) is 11.1 Å². The third kappa shape index (κ3) is 2.45. The van der Waals surface area contributed by atoms with E-state index in [0.29, 0.717) is 5.88 Å². The summed E-state index contributed by atoms with van der Waals surface area (Å²) in [6.45, 7) is 2.09. The molecule has 0 saturated carbocycles. The number of hydrogen-bond acceptors (Lipinski definition) is 2. The topological polar surface area (TPSA) is 12.9 Å². The quantitative estimate of drug-likeness (QED) is 0.666. The minimum absolute atomic E-state index is 0. The highest BCUT2D eigenvalue weighted by Gasteiger charge is 1.95. The SMILES string of the molecule is CCc1ncc(CCl)s1.Cl. The summed E-state index contributed by atoms with van der Waals surface area (Å²) < 4.78 is 0. The van der Waals surface area contributed by atoms with Crippen molar-refractivity contribution in [3.05, 3.63) is 16.1 Å². The minimum Gasteiger partial charge on any atom is -0.249 e. The van der Waals surface area contributed by atoms with E-state index in [1.54, 1.807) is 11.3 Å². The summed E-state index contributed by atoms with van der Waals surface area (Å²) in [6.07, 6.45) is 2.86. The second kappa shape index (κ2) is 4.94. The average molecular weight is 198 g/mol. The van der Waals surface area contributed by atoms with Crippen molar-refractivity contribution >= 4 is 35.3 Å². The molecule has 4 heteroatoms. The number of nitrogens with zero attached hydrogens (tertiary/aromatic N) is 1. The lowest BCUT2D eigenvalue weighted by atomic mass is 10.5. The van der Waals surface area contributed by atoms with Gasteiger partial charge in [0.1, 0.15) is 0 Å². The van der Waals surface area contributed by atoms with E-state index in [-0.39, 0.29) is 12.4 Å². The van der Waals surface area contributed by atoms with E-state index in [1.807, 2.05) is 6.20 Å². The third-order valence-corrected chi connectivity index (χ3v) is 2.62. The van der Waals surface area contributed by atoms with Gasteiger partial charge in [0.15, 0.2) is 0 Å². The Morgan fingerprint density at radius 1 is 1.70 bits per heavy atom. The Balaban J connectivity index is 0.000000810. The molecule has 0 radical (unpaired) electrons. The van der Waals surface area contributed by atoms with Crippen LogP contribution in [0.4, 0.5) is 0 Å². The van der Waals surface area contributed by atoms with Crippen molar-refractivity contribution in [2.75, 3.05) is 0 Å². The first kappa shape index (κ1) is 10.2. The van der Waals surface area contributed by atoms with Crippen LogP contribution >= 0.6 is 35.3 Å². The summed E-state index contributed by atoms with van der Waals surface area (Å²) in [6, 6.07) is 0. The molecule has 0 aromatic carbocycles. The van der Waals surface area contributed by atoms with Crippen molar-refractivity contribution in [1.82, 2.24) is 4.98 Å². The fraction of sp³-hybridized carbons (Fsp3) is 0.500. The van der Waals surface area contributed by atoms with Gasteiger partial charge in [-0.25, -0.2) is 4.98 Å². The Bertz CT molecular complexity index is 169. The Morgan fingerprint density at radius 2 is 2.40 bits per heavy atom. The van der Waals surface area contributed by atoms with Crippen LogP contribution in [0.5, 0.6) is 0 Å². The fourth-order valence-electron chi connectivity index (χ4n) is 0.573. The van der Waals surface area contributed by atoms with E-state index in [0.717, 1.165) is 11.3 Å². The molecule has 1 rings (SSSR count). The van der Waals surface area contributed by atoms with Crippen molar-refractivity contribution in [3.63, 3.8) is 0 Å². The van der Waals surface area contributed by atoms with Gasteiger partial charge in [0.25, 0.3) is 0 Å². The van der Waals surface area contributed by atoms with E-state index in [1.165, 1.54) is 5.01 Å². The summed E-state index contributed by atoms with van der Waals surface area (Å²) in [7, 11) is 0. The van der Waals surface area contributed by atoms with Crippen molar-refractivity contribution in [1.29, 1.82) is 0 Å². The van der Waals surface area contributed by atoms with Gasteiger partial charge in [0.2, 0.25) is 0 Å². The minimum atomic E-state index is 0. The summed E-state index contributed by atoms with van der Waals surface area (Å²) >= 11 is 7.26. The van der Waals surface area contributed by atoms with E-state index in [2.05, 4.69) is 11.9 Å². The molecule has 10 heavy (non-hydrogen) atoms. The summed E-state index contributed by atoms with van der Waals surface area (Å²) in [5, 5.41) is 1.17. The number of alkyl halides is 1. The number of rotatable bonds is 2. The zero-order chi connectivity index (χ0) is 6.69. The van der Waals surface area contributed by atoms with Gasteiger partial charge in [-0.05, 0) is 6.42 Å². The monoisotopic (exact) mass is 197 g/mol. The number of hydrogen-bond donors (Lipinski definition) is 0. The van der Waals surface area contributed by atoms with Crippen molar-refractivity contribution in [2.24, 2.45) is 0 Å². The van der Waals surface area contributed by atoms with Crippen LogP contribution < -0.4 is 0 Å². The van der Waals surface area contributed by atoms with Crippen molar-refractivity contribution < 1.29 is 0 Å². The van der Waals surface area contributed by atoms with Gasteiger partial charge in [-0.1, -0.05) is 6.92 Å². The van der Waals surface area contributed by atoms with Crippen LogP contribution in [-0.4, -0.2) is 4.98 Å². The molecule has 0 fully saturated rings. The second-order valence-electron chi connectivity index (χ2n) is 1.71. The van der Waals surface area contributed by atoms with Gasteiger partial charge < -0.3 is 0 Å². The highest BCUT2D eigenvalue weighted by atomic mass is 35.5. The van der Waals surface area contributed by atoms with Gasteiger partial charge in [0.05, 0.1) is 10.9 Å². The maximum absolute atomic E-state index is 5.57. The van der Waals surface area contributed by atoms with Crippen LogP contribution in [0.15, 0.2) is 6.20 Å². The van der Waals surface area contributed by atoms with Crippen LogP contribution in [-0.2, 0) is 12.3 Å². The maximum Gasteiger partial charge on any atom is 0.0925 e. The molecule has 0 unspecified atom stereocenters. The highest BCUT2D eigenvalue weighted by molar-refractivity contribution is 7.11. The molecule has 0 spiro atoms.